The van der Waals surface area contributed by atoms with Crippen LogP contribution in [0.2, 0.25) is 5.02 Å². The molecule has 0 aliphatic rings. The molecular formula is C13H7ClFN5O. The van der Waals surface area contributed by atoms with E-state index in [0.29, 0.717) is 0 Å². The molecule has 1 amide bonds. The predicted molar refractivity (Wildman–Crippen MR) is 73.2 cm³/mol. The van der Waals surface area contributed by atoms with Crippen molar-refractivity contribution in [3.8, 4) is 18.2 Å². The Kier molecular flexibility index (Phi) is 5.25. The second kappa shape index (κ2) is 6.91. The van der Waals surface area contributed by atoms with Crippen LogP contribution in [0.1, 0.15) is 6.92 Å². The molecule has 2 N–H and O–H groups in total. The van der Waals surface area contributed by atoms with Gasteiger partial charge in [0.2, 0.25) is 5.91 Å². The summed E-state index contributed by atoms with van der Waals surface area (Å²) in [5.74, 6) is -1.32. The first-order valence-corrected chi connectivity index (χ1v) is 5.79. The van der Waals surface area contributed by atoms with E-state index in [4.69, 9.17) is 27.4 Å². The maximum absolute atomic E-state index is 13.8. The number of benzene rings is 1. The Hall–Kier alpha value is -3.08. The lowest BCUT2D eigenvalue weighted by molar-refractivity contribution is -0.114. The quantitative estimate of drug-likeness (QED) is 0.833. The van der Waals surface area contributed by atoms with Gasteiger partial charge in [0.25, 0.3) is 0 Å². The molecule has 0 aliphatic heterocycles. The number of nitriles is 3. The van der Waals surface area contributed by atoms with Gasteiger partial charge in [-0.2, -0.15) is 15.8 Å². The summed E-state index contributed by atoms with van der Waals surface area (Å²) in [7, 11) is 0. The molecule has 0 unspecified atom stereocenters. The van der Waals surface area contributed by atoms with Crippen LogP contribution in [0.4, 0.5) is 15.8 Å². The Balaban J connectivity index is 3.22. The minimum absolute atomic E-state index is 0.0613. The molecule has 0 heterocycles. The number of nitrogens with zero attached hydrogens (tertiary/aromatic N) is 3. The number of carbonyl (C=O) groups is 1. The summed E-state index contributed by atoms with van der Waals surface area (Å²) in [4.78, 5) is 10.9. The number of hydrogen-bond donors (Lipinski definition) is 2. The van der Waals surface area contributed by atoms with Crippen molar-refractivity contribution >= 4 is 28.9 Å². The molecule has 0 aliphatic carbocycles. The third-order valence-corrected chi connectivity index (χ3v) is 2.50. The summed E-state index contributed by atoms with van der Waals surface area (Å²) in [6, 6.07) is 6.93. The Morgan fingerprint density at radius 2 is 1.81 bits per heavy atom. The van der Waals surface area contributed by atoms with Crippen molar-refractivity contribution < 1.29 is 9.18 Å². The number of carbonyl (C=O) groups excluding carboxylic acids is 1. The summed E-state index contributed by atoms with van der Waals surface area (Å²) >= 11 is 5.83. The lowest BCUT2D eigenvalue weighted by atomic mass is 10.2. The second-order valence-corrected chi connectivity index (χ2v) is 4.11. The Morgan fingerprint density at radius 1 is 1.19 bits per heavy atom. The molecule has 104 valence electrons. The summed E-state index contributed by atoms with van der Waals surface area (Å²) in [5.41, 5.74) is -0.910. The molecule has 0 atom stereocenters. The van der Waals surface area contributed by atoms with Gasteiger partial charge in [0, 0.05) is 12.6 Å². The van der Waals surface area contributed by atoms with Crippen LogP contribution in [0, 0.1) is 39.8 Å². The third-order valence-electron chi connectivity index (χ3n) is 2.20. The fourth-order valence-electron chi connectivity index (χ4n) is 1.37. The average Bonchev–Trinajstić information content (AvgIpc) is 2.42. The fourth-order valence-corrected chi connectivity index (χ4v) is 1.62. The minimum Gasteiger partial charge on any atom is -0.345 e. The zero-order chi connectivity index (χ0) is 16.0. The monoisotopic (exact) mass is 303 g/mol. The third kappa shape index (κ3) is 3.94. The van der Waals surface area contributed by atoms with Gasteiger partial charge in [0.15, 0.2) is 5.57 Å². The molecule has 1 aromatic carbocycles. The first kappa shape index (κ1) is 16.0. The maximum atomic E-state index is 13.8. The van der Waals surface area contributed by atoms with Crippen LogP contribution in [0.25, 0.3) is 0 Å². The lowest BCUT2D eigenvalue weighted by Gasteiger charge is -2.10. The van der Waals surface area contributed by atoms with E-state index in [9.17, 15) is 9.18 Å². The normalized spacial score (nSPS) is 8.76. The Bertz CT molecular complexity index is 712. The van der Waals surface area contributed by atoms with E-state index in [2.05, 4.69) is 10.6 Å². The van der Waals surface area contributed by atoms with Crippen LogP contribution in [0.15, 0.2) is 23.4 Å². The lowest BCUT2D eigenvalue weighted by Crippen LogP contribution is -2.09. The molecule has 0 saturated carbocycles. The van der Waals surface area contributed by atoms with Gasteiger partial charge in [0.05, 0.1) is 10.7 Å². The molecule has 21 heavy (non-hydrogen) atoms. The number of hydrogen-bond acceptors (Lipinski definition) is 5. The average molecular weight is 304 g/mol. The maximum Gasteiger partial charge on any atom is 0.221 e. The molecule has 1 aromatic rings. The van der Waals surface area contributed by atoms with Crippen LogP contribution >= 0.6 is 11.6 Å². The molecule has 0 bridgehead atoms. The van der Waals surface area contributed by atoms with Gasteiger partial charge in [-0.15, -0.1) is 0 Å². The van der Waals surface area contributed by atoms with E-state index in [0.717, 1.165) is 6.07 Å². The van der Waals surface area contributed by atoms with E-state index < -0.39 is 17.3 Å². The molecule has 6 nitrogen and oxygen atoms in total. The highest BCUT2D eigenvalue weighted by molar-refractivity contribution is 6.34. The molecular weight excluding hydrogens is 297 g/mol. The number of nitrogens with one attached hydrogen (secondary N) is 2. The molecule has 0 spiro atoms. The van der Waals surface area contributed by atoms with Crippen LogP contribution < -0.4 is 10.6 Å². The molecule has 0 saturated heterocycles. The van der Waals surface area contributed by atoms with E-state index in [1.165, 1.54) is 25.1 Å². The first-order chi connectivity index (χ1) is 9.92. The van der Waals surface area contributed by atoms with E-state index in [1.54, 1.807) is 6.07 Å². The van der Waals surface area contributed by atoms with E-state index in [1.807, 2.05) is 0 Å². The highest BCUT2D eigenvalue weighted by Gasteiger charge is 2.13. The van der Waals surface area contributed by atoms with Crippen molar-refractivity contribution in [1.82, 2.24) is 0 Å². The van der Waals surface area contributed by atoms with Crippen molar-refractivity contribution in [3.05, 3.63) is 34.2 Å². The number of anilines is 2. The molecule has 8 heteroatoms. The van der Waals surface area contributed by atoms with Crippen molar-refractivity contribution in [2.75, 3.05) is 10.6 Å². The standard InChI is InChI=1S/C13H7ClFN5O/c1-7(21)19-13-10(14)2-9(3-11(13)15)20-12(6-18)8(4-16)5-17/h2-3,20H,1H3,(H,19,21). The largest absolute Gasteiger partial charge is 0.345 e. The van der Waals surface area contributed by atoms with Gasteiger partial charge in [-0.1, -0.05) is 11.6 Å². The number of allylic oxidation sites excluding steroid dienone is 2. The minimum atomic E-state index is -0.826. The van der Waals surface area contributed by atoms with Crippen LogP contribution in [-0.4, -0.2) is 5.91 Å². The van der Waals surface area contributed by atoms with Gasteiger partial charge >= 0.3 is 0 Å². The number of halogens is 2. The van der Waals surface area contributed by atoms with Crippen LogP contribution in [0.3, 0.4) is 0 Å². The van der Waals surface area contributed by atoms with Crippen LogP contribution in [-0.2, 0) is 4.79 Å². The van der Waals surface area contributed by atoms with Crippen LogP contribution in [0.5, 0.6) is 0 Å². The Labute approximate surface area is 124 Å². The SMILES string of the molecule is CC(=O)Nc1c(F)cc(NC(C#N)=C(C#N)C#N)cc1Cl. The first-order valence-electron chi connectivity index (χ1n) is 5.41. The van der Waals surface area contributed by atoms with Gasteiger partial charge in [-0.05, 0) is 12.1 Å². The van der Waals surface area contributed by atoms with Crippen molar-refractivity contribution in [1.29, 1.82) is 15.8 Å². The number of amides is 1. The van der Waals surface area contributed by atoms with Crippen molar-refractivity contribution in [2.45, 2.75) is 6.92 Å². The predicted octanol–water partition coefficient (Wildman–Crippen LogP) is 2.67. The second-order valence-electron chi connectivity index (χ2n) is 3.71. The number of rotatable bonds is 3. The van der Waals surface area contributed by atoms with Gasteiger partial charge < -0.3 is 10.6 Å². The molecule has 0 fully saturated rings. The summed E-state index contributed by atoms with van der Waals surface area (Å²) in [5, 5.41) is 30.8. The van der Waals surface area contributed by atoms with Gasteiger partial charge in [0.1, 0.15) is 29.7 Å². The molecule has 0 radical (unpaired) electrons. The Morgan fingerprint density at radius 3 is 2.24 bits per heavy atom. The smallest absolute Gasteiger partial charge is 0.221 e. The highest BCUT2D eigenvalue weighted by Crippen LogP contribution is 2.29. The zero-order valence-electron chi connectivity index (χ0n) is 10.7. The highest BCUT2D eigenvalue weighted by atomic mass is 35.5. The topological polar surface area (TPSA) is 112 Å². The fraction of sp³-hybridized carbons (Fsp3) is 0.0769. The van der Waals surface area contributed by atoms with Gasteiger partial charge in [-0.25, -0.2) is 4.39 Å². The molecule has 1 rings (SSSR count). The summed E-state index contributed by atoms with van der Waals surface area (Å²) < 4.78 is 13.8. The van der Waals surface area contributed by atoms with Crippen molar-refractivity contribution in [3.63, 3.8) is 0 Å². The van der Waals surface area contributed by atoms with E-state index in [-0.39, 0.29) is 22.1 Å². The van der Waals surface area contributed by atoms with Crippen molar-refractivity contribution in [2.24, 2.45) is 0 Å². The summed E-state index contributed by atoms with van der Waals surface area (Å²) in [6.07, 6.45) is 0. The zero-order valence-corrected chi connectivity index (χ0v) is 11.4. The molecule has 0 aromatic heterocycles. The summed E-state index contributed by atoms with van der Waals surface area (Å²) in [6.45, 7) is 1.20. The van der Waals surface area contributed by atoms with E-state index >= 15 is 0 Å². The van der Waals surface area contributed by atoms with Gasteiger partial charge in [-0.3, -0.25) is 4.79 Å².